The van der Waals surface area contributed by atoms with E-state index in [0.717, 1.165) is 24.4 Å². The highest BCUT2D eigenvalue weighted by atomic mass is 16.3. The summed E-state index contributed by atoms with van der Waals surface area (Å²) in [5.41, 5.74) is 6.43. The lowest BCUT2D eigenvalue weighted by Crippen LogP contribution is -2.05. The van der Waals surface area contributed by atoms with Crippen molar-refractivity contribution in [3.05, 3.63) is 30.4 Å². The molecule has 2 rings (SSSR count). The fourth-order valence-electron chi connectivity index (χ4n) is 1.21. The van der Waals surface area contributed by atoms with Gasteiger partial charge < -0.3 is 15.5 Å². The van der Waals surface area contributed by atoms with Crippen LogP contribution in [0, 0.1) is 0 Å². The summed E-state index contributed by atoms with van der Waals surface area (Å²) in [5.74, 6) is 1.52. The van der Waals surface area contributed by atoms with Gasteiger partial charge in [-0.15, -0.1) is 0 Å². The lowest BCUT2D eigenvalue weighted by Gasteiger charge is -2.02. The lowest BCUT2D eigenvalue weighted by molar-refractivity contribution is 0.513. The van der Waals surface area contributed by atoms with Crippen LogP contribution >= 0.6 is 0 Å². The van der Waals surface area contributed by atoms with Gasteiger partial charge in [0.15, 0.2) is 0 Å². The molecule has 0 bridgehead atoms. The Morgan fingerprint density at radius 3 is 3.14 bits per heavy atom. The summed E-state index contributed by atoms with van der Waals surface area (Å²) in [6.07, 6.45) is 4.16. The molecular formula is C9H12N4O. The molecule has 0 radical (unpaired) electrons. The van der Waals surface area contributed by atoms with E-state index < -0.39 is 0 Å². The molecule has 0 aliphatic rings. The number of aromatic nitrogens is 2. The highest BCUT2D eigenvalue weighted by Gasteiger charge is 2.00. The molecule has 0 aromatic carbocycles. The highest BCUT2D eigenvalue weighted by Crippen LogP contribution is 2.12. The van der Waals surface area contributed by atoms with Gasteiger partial charge in [-0.25, -0.2) is 0 Å². The standard InChI is InChI=1S/C9H12N4O/c10-9-8(6-12-13-9)11-4-3-7-2-1-5-14-7/h1-2,5-6,11H,3-4H2,(H3,10,12,13). The van der Waals surface area contributed by atoms with Gasteiger partial charge in [0.05, 0.1) is 18.1 Å². The Bertz CT molecular complexity index is 379. The van der Waals surface area contributed by atoms with E-state index in [1.54, 1.807) is 12.5 Å². The summed E-state index contributed by atoms with van der Waals surface area (Å²) in [6, 6.07) is 3.82. The minimum atomic E-state index is 0.560. The number of nitrogens with two attached hydrogens (primary N) is 1. The molecule has 2 heterocycles. The number of aromatic amines is 1. The second-order valence-corrected chi connectivity index (χ2v) is 2.95. The zero-order valence-corrected chi connectivity index (χ0v) is 7.66. The summed E-state index contributed by atoms with van der Waals surface area (Å²) in [4.78, 5) is 0. The van der Waals surface area contributed by atoms with Crippen molar-refractivity contribution in [2.45, 2.75) is 6.42 Å². The zero-order valence-electron chi connectivity index (χ0n) is 7.66. The largest absolute Gasteiger partial charge is 0.469 e. The summed E-state index contributed by atoms with van der Waals surface area (Å²) in [6.45, 7) is 0.775. The van der Waals surface area contributed by atoms with Gasteiger partial charge in [0.1, 0.15) is 11.6 Å². The van der Waals surface area contributed by atoms with Crippen molar-refractivity contribution in [2.24, 2.45) is 0 Å². The summed E-state index contributed by atoms with van der Waals surface area (Å²) < 4.78 is 5.19. The van der Waals surface area contributed by atoms with Crippen LogP contribution in [0.1, 0.15) is 5.76 Å². The van der Waals surface area contributed by atoms with Crippen LogP contribution in [0.5, 0.6) is 0 Å². The van der Waals surface area contributed by atoms with E-state index in [1.807, 2.05) is 12.1 Å². The van der Waals surface area contributed by atoms with Crippen molar-refractivity contribution in [2.75, 3.05) is 17.6 Å². The molecule has 0 unspecified atom stereocenters. The highest BCUT2D eigenvalue weighted by molar-refractivity contribution is 5.59. The Morgan fingerprint density at radius 2 is 2.50 bits per heavy atom. The minimum Gasteiger partial charge on any atom is -0.469 e. The van der Waals surface area contributed by atoms with Gasteiger partial charge in [-0.05, 0) is 12.1 Å². The van der Waals surface area contributed by atoms with Crippen molar-refractivity contribution < 1.29 is 4.42 Å². The third-order valence-electron chi connectivity index (χ3n) is 1.94. The van der Waals surface area contributed by atoms with Crippen molar-refractivity contribution in [3.63, 3.8) is 0 Å². The molecule has 0 saturated carbocycles. The minimum absolute atomic E-state index is 0.560. The summed E-state index contributed by atoms with van der Waals surface area (Å²) in [5, 5.41) is 9.61. The number of rotatable bonds is 4. The molecule has 14 heavy (non-hydrogen) atoms. The molecule has 0 spiro atoms. The molecule has 0 aliphatic carbocycles. The molecule has 0 amide bonds. The van der Waals surface area contributed by atoms with Crippen molar-refractivity contribution in [1.29, 1.82) is 0 Å². The molecule has 5 nitrogen and oxygen atoms in total. The van der Waals surface area contributed by atoms with Crippen LogP contribution in [-0.2, 0) is 6.42 Å². The van der Waals surface area contributed by atoms with Crippen LogP contribution in [0.2, 0.25) is 0 Å². The van der Waals surface area contributed by atoms with Crippen LogP contribution in [0.3, 0.4) is 0 Å². The molecule has 0 fully saturated rings. The Hall–Kier alpha value is -1.91. The van der Waals surface area contributed by atoms with Crippen molar-refractivity contribution >= 4 is 11.5 Å². The summed E-state index contributed by atoms with van der Waals surface area (Å²) in [7, 11) is 0. The lowest BCUT2D eigenvalue weighted by atomic mass is 10.3. The van der Waals surface area contributed by atoms with Gasteiger partial charge in [0.25, 0.3) is 0 Å². The number of anilines is 2. The topological polar surface area (TPSA) is 79.9 Å². The van der Waals surface area contributed by atoms with Crippen LogP contribution in [0.4, 0.5) is 11.5 Å². The quantitative estimate of drug-likeness (QED) is 0.680. The molecule has 2 aromatic rings. The molecular weight excluding hydrogens is 180 g/mol. The number of H-pyrrole nitrogens is 1. The number of nitrogen functional groups attached to an aromatic ring is 1. The fraction of sp³-hybridized carbons (Fsp3) is 0.222. The van der Waals surface area contributed by atoms with Gasteiger partial charge in [0, 0.05) is 13.0 Å². The molecule has 2 aromatic heterocycles. The first-order chi connectivity index (χ1) is 6.86. The Kier molecular flexibility index (Phi) is 2.40. The number of hydrogen-bond donors (Lipinski definition) is 3. The molecule has 0 aliphatic heterocycles. The zero-order chi connectivity index (χ0) is 9.80. The van der Waals surface area contributed by atoms with E-state index in [-0.39, 0.29) is 0 Å². The van der Waals surface area contributed by atoms with Crippen LogP contribution < -0.4 is 11.1 Å². The van der Waals surface area contributed by atoms with Crippen molar-refractivity contribution in [1.82, 2.24) is 10.2 Å². The van der Waals surface area contributed by atoms with Gasteiger partial charge in [-0.2, -0.15) is 5.10 Å². The van der Waals surface area contributed by atoms with Crippen molar-refractivity contribution in [3.8, 4) is 0 Å². The average Bonchev–Trinajstić information content (AvgIpc) is 2.78. The van der Waals surface area contributed by atoms with Crippen LogP contribution in [0.25, 0.3) is 0 Å². The van der Waals surface area contributed by atoms with E-state index in [2.05, 4.69) is 15.5 Å². The van der Waals surface area contributed by atoms with E-state index in [4.69, 9.17) is 10.2 Å². The molecule has 0 saturated heterocycles. The second-order valence-electron chi connectivity index (χ2n) is 2.95. The first-order valence-electron chi connectivity index (χ1n) is 4.41. The van der Waals surface area contributed by atoms with E-state index in [9.17, 15) is 0 Å². The maximum Gasteiger partial charge on any atom is 0.142 e. The number of furan rings is 1. The second kappa shape index (κ2) is 3.87. The Labute approximate surface area is 81.3 Å². The predicted molar refractivity (Wildman–Crippen MR) is 53.9 cm³/mol. The normalized spacial score (nSPS) is 10.3. The van der Waals surface area contributed by atoms with Gasteiger partial charge in [-0.1, -0.05) is 0 Å². The molecule has 74 valence electrons. The van der Waals surface area contributed by atoms with Gasteiger partial charge in [-0.3, -0.25) is 5.10 Å². The van der Waals surface area contributed by atoms with Crippen LogP contribution in [0.15, 0.2) is 29.0 Å². The number of hydrogen-bond acceptors (Lipinski definition) is 4. The fourth-order valence-corrected chi connectivity index (χ4v) is 1.21. The predicted octanol–water partition coefficient (Wildman–Crippen LogP) is 1.24. The third kappa shape index (κ3) is 1.87. The summed E-state index contributed by atoms with van der Waals surface area (Å²) >= 11 is 0. The molecule has 0 atom stereocenters. The van der Waals surface area contributed by atoms with Gasteiger partial charge >= 0.3 is 0 Å². The first kappa shape index (κ1) is 8.68. The maximum absolute atomic E-state index is 5.60. The smallest absolute Gasteiger partial charge is 0.142 e. The third-order valence-corrected chi connectivity index (χ3v) is 1.94. The van der Waals surface area contributed by atoms with Crippen LogP contribution in [-0.4, -0.2) is 16.7 Å². The SMILES string of the molecule is Nc1[nH]ncc1NCCc1ccco1. The monoisotopic (exact) mass is 192 g/mol. The van der Waals surface area contributed by atoms with Gasteiger partial charge in [0.2, 0.25) is 0 Å². The number of nitrogens with one attached hydrogen (secondary N) is 2. The average molecular weight is 192 g/mol. The van der Waals surface area contributed by atoms with E-state index >= 15 is 0 Å². The molecule has 4 N–H and O–H groups in total. The van der Waals surface area contributed by atoms with E-state index in [0.29, 0.717) is 5.82 Å². The molecule has 5 heteroatoms. The Morgan fingerprint density at radius 1 is 1.57 bits per heavy atom. The van der Waals surface area contributed by atoms with E-state index in [1.165, 1.54) is 0 Å². The first-order valence-corrected chi connectivity index (χ1v) is 4.41. The maximum atomic E-state index is 5.60. The Balaban J connectivity index is 1.81. The number of nitrogens with zero attached hydrogens (tertiary/aromatic N) is 1.